The van der Waals surface area contributed by atoms with E-state index in [9.17, 15) is 5.11 Å². The molecule has 2 aromatic rings. The summed E-state index contributed by atoms with van der Waals surface area (Å²) in [6, 6.07) is 14.6. The Kier molecular flexibility index (Phi) is 9.28. The molecule has 0 fully saturated rings. The topological polar surface area (TPSA) is 45.2 Å². The van der Waals surface area contributed by atoms with E-state index in [1.165, 1.54) is 11.1 Å². The third kappa shape index (κ3) is 7.15. The molecule has 2 rings (SSSR count). The number of aliphatic hydroxyl groups is 1. The van der Waals surface area contributed by atoms with Gasteiger partial charge in [-0.1, -0.05) is 42.0 Å². The quantitative estimate of drug-likeness (QED) is 0.606. The van der Waals surface area contributed by atoms with Crippen LogP contribution in [-0.4, -0.2) is 62.4 Å². The van der Waals surface area contributed by atoms with Crippen LogP contribution in [0.3, 0.4) is 0 Å². The molecule has 0 saturated carbocycles. The lowest BCUT2D eigenvalue weighted by molar-refractivity contribution is 0.206. The third-order valence-electron chi connectivity index (χ3n) is 4.62. The molecule has 0 amide bonds. The number of aliphatic hydroxyl groups excluding tert-OH is 1. The van der Waals surface area contributed by atoms with E-state index in [1.54, 1.807) is 7.11 Å². The van der Waals surface area contributed by atoms with Crippen molar-refractivity contribution in [2.75, 3.05) is 47.5 Å². The van der Waals surface area contributed by atoms with Gasteiger partial charge in [0.25, 0.3) is 0 Å². The fourth-order valence-corrected chi connectivity index (χ4v) is 3.04. The second kappa shape index (κ2) is 11.7. The van der Waals surface area contributed by atoms with Crippen LogP contribution in [0.15, 0.2) is 42.5 Å². The summed E-state index contributed by atoms with van der Waals surface area (Å²) in [7, 11) is 5.74. The Morgan fingerprint density at radius 2 is 1.71 bits per heavy atom. The van der Waals surface area contributed by atoms with E-state index in [0.29, 0.717) is 6.61 Å². The van der Waals surface area contributed by atoms with Crippen molar-refractivity contribution in [1.29, 1.82) is 0 Å². The van der Waals surface area contributed by atoms with Crippen LogP contribution in [0, 0.1) is 6.92 Å². The van der Waals surface area contributed by atoms with Crippen LogP contribution in [0.1, 0.15) is 23.1 Å². The number of para-hydroxylation sites is 1. The summed E-state index contributed by atoms with van der Waals surface area (Å²) in [6.45, 7) is 6.12. The van der Waals surface area contributed by atoms with Crippen molar-refractivity contribution < 1.29 is 14.6 Å². The molecule has 0 aliphatic rings. The lowest BCUT2D eigenvalue weighted by atomic mass is 10.1. The summed E-state index contributed by atoms with van der Waals surface area (Å²) in [5.41, 5.74) is 3.62. The zero-order valence-corrected chi connectivity index (χ0v) is 17.6. The maximum absolute atomic E-state index is 9.31. The van der Waals surface area contributed by atoms with Crippen LogP contribution in [0.2, 0.25) is 0 Å². The molecule has 1 N–H and O–H groups in total. The first-order chi connectivity index (χ1) is 13.5. The van der Waals surface area contributed by atoms with Gasteiger partial charge in [0, 0.05) is 38.3 Å². The van der Waals surface area contributed by atoms with Crippen molar-refractivity contribution in [2.45, 2.75) is 26.4 Å². The van der Waals surface area contributed by atoms with Crippen LogP contribution in [0.5, 0.6) is 11.5 Å². The first-order valence-electron chi connectivity index (χ1n) is 9.85. The highest BCUT2D eigenvalue weighted by molar-refractivity contribution is 5.46. The van der Waals surface area contributed by atoms with Crippen molar-refractivity contribution >= 4 is 0 Å². The minimum absolute atomic E-state index is 0.189. The van der Waals surface area contributed by atoms with Crippen LogP contribution in [0.4, 0.5) is 0 Å². The van der Waals surface area contributed by atoms with Gasteiger partial charge in [-0.2, -0.15) is 0 Å². The lowest BCUT2D eigenvalue weighted by Gasteiger charge is -2.24. The Balaban J connectivity index is 2.17. The molecule has 0 radical (unpaired) electrons. The standard InChI is InChI=1S/C23H34N2O3/c1-19-9-11-20(12-10-19)17-25(13-6-15-26)18-21-7-5-8-22(27-4)23(21)28-16-14-24(2)3/h5,7-12,26H,6,13-18H2,1-4H3. The molecule has 0 aromatic heterocycles. The van der Waals surface area contributed by atoms with Gasteiger partial charge in [0.1, 0.15) is 6.61 Å². The van der Waals surface area contributed by atoms with Crippen LogP contribution in [0.25, 0.3) is 0 Å². The Bertz CT molecular complexity index is 701. The van der Waals surface area contributed by atoms with E-state index in [1.807, 2.05) is 26.2 Å². The maximum Gasteiger partial charge on any atom is 0.165 e. The van der Waals surface area contributed by atoms with Crippen LogP contribution >= 0.6 is 0 Å². The molecule has 0 unspecified atom stereocenters. The van der Waals surface area contributed by atoms with E-state index in [-0.39, 0.29) is 6.61 Å². The smallest absolute Gasteiger partial charge is 0.165 e. The SMILES string of the molecule is COc1cccc(CN(CCCO)Cc2ccc(C)cc2)c1OCCN(C)C. The Morgan fingerprint density at radius 3 is 2.36 bits per heavy atom. The molecular formula is C23H34N2O3. The van der Waals surface area contributed by atoms with Gasteiger partial charge in [-0.05, 0) is 39.1 Å². The number of ether oxygens (including phenoxy) is 2. The van der Waals surface area contributed by atoms with Crippen molar-refractivity contribution in [1.82, 2.24) is 9.80 Å². The zero-order valence-electron chi connectivity index (χ0n) is 17.6. The van der Waals surface area contributed by atoms with Gasteiger partial charge in [-0.15, -0.1) is 0 Å². The monoisotopic (exact) mass is 386 g/mol. The molecule has 0 aliphatic carbocycles. The van der Waals surface area contributed by atoms with Gasteiger partial charge >= 0.3 is 0 Å². The largest absolute Gasteiger partial charge is 0.493 e. The average molecular weight is 387 g/mol. The summed E-state index contributed by atoms with van der Waals surface area (Å²) in [5, 5.41) is 9.31. The van der Waals surface area contributed by atoms with E-state index >= 15 is 0 Å². The molecule has 154 valence electrons. The number of benzene rings is 2. The minimum Gasteiger partial charge on any atom is -0.493 e. The molecule has 0 bridgehead atoms. The summed E-state index contributed by atoms with van der Waals surface area (Å²) >= 11 is 0. The highest BCUT2D eigenvalue weighted by Crippen LogP contribution is 2.32. The molecule has 5 nitrogen and oxygen atoms in total. The number of likely N-dealkylation sites (N-methyl/N-ethyl adjacent to an activating group) is 1. The van der Waals surface area contributed by atoms with E-state index in [2.05, 4.69) is 47.1 Å². The molecule has 0 spiro atoms. The van der Waals surface area contributed by atoms with Gasteiger partial charge in [-0.25, -0.2) is 0 Å². The second-order valence-electron chi connectivity index (χ2n) is 7.37. The van der Waals surface area contributed by atoms with Crippen LogP contribution in [-0.2, 0) is 13.1 Å². The first-order valence-corrected chi connectivity index (χ1v) is 9.85. The molecule has 28 heavy (non-hydrogen) atoms. The lowest BCUT2D eigenvalue weighted by Crippen LogP contribution is -2.25. The summed E-state index contributed by atoms with van der Waals surface area (Å²) in [5.74, 6) is 1.57. The molecule has 0 atom stereocenters. The van der Waals surface area contributed by atoms with Crippen molar-refractivity contribution in [3.8, 4) is 11.5 Å². The molecular weight excluding hydrogens is 352 g/mol. The number of aryl methyl sites for hydroxylation is 1. The van der Waals surface area contributed by atoms with E-state index in [0.717, 1.165) is 49.7 Å². The number of hydrogen-bond acceptors (Lipinski definition) is 5. The Hall–Kier alpha value is -2.08. The number of methoxy groups -OCH3 is 1. The molecule has 0 saturated heterocycles. The molecule has 0 heterocycles. The Morgan fingerprint density at radius 1 is 0.964 bits per heavy atom. The molecule has 5 heteroatoms. The minimum atomic E-state index is 0.189. The normalized spacial score (nSPS) is 11.2. The van der Waals surface area contributed by atoms with E-state index in [4.69, 9.17) is 9.47 Å². The van der Waals surface area contributed by atoms with Gasteiger partial charge in [0.05, 0.1) is 7.11 Å². The summed E-state index contributed by atoms with van der Waals surface area (Å²) in [6.07, 6.45) is 0.743. The first kappa shape index (κ1) is 22.2. The second-order valence-corrected chi connectivity index (χ2v) is 7.37. The highest BCUT2D eigenvalue weighted by atomic mass is 16.5. The molecule has 0 aliphatic heterocycles. The van der Waals surface area contributed by atoms with Crippen molar-refractivity contribution in [2.24, 2.45) is 0 Å². The number of nitrogens with zero attached hydrogens (tertiary/aromatic N) is 2. The zero-order chi connectivity index (χ0) is 20.4. The Labute approximate surface area is 169 Å². The van der Waals surface area contributed by atoms with Gasteiger partial charge < -0.3 is 19.5 Å². The number of hydrogen-bond donors (Lipinski definition) is 1. The van der Waals surface area contributed by atoms with Gasteiger partial charge in [0.15, 0.2) is 11.5 Å². The van der Waals surface area contributed by atoms with Crippen molar-refractivity contribution in [3.05, 3.63) is 59.2 Å². The maximum atomic E-state index is 9.31. The fourth-order valence-electron chi connectivity index (χ4n) is 3.04. The highest BCUT2D eigenvalue weighted by Gasteiger charge is 2.15. The third-order valence-corrected chi connectivity index (χ3v) is 4.62. The average Bonchev–Trinajstić information content (AvgIpc) is 2.68. The van der Waals surface area contributed by atoms with Gasteiger partial charge in [-0.3, -0.25) is 4.90 Å². The predicted octanol–water partition coefficient (Wildman–Crippen LogP) is 3.33. The molecule has 2 aromatic carbocycles. The predicted molar refractivity (Wildman–Crippen MR) is 114 cm³/mol. The fraction of sp³-hybridized carbons (Fsp3) is 0.478. The van der Waals surface area contributed by atoms with Crippen molar-refractivity contribution in [3.63, 3.8) is 0 Å². The number of rotatable bonds is 12. The van der Waals surface area contributed by atoms with Crippen LogP contribution < -0.4 is 9.47 Å². The summed E-state index contributed by atoms with van der Waals surface area (Å²) in [4.78, 5) is 4.44. The van der Waals surface area contributed by atoms with Gasteiger partial charge in [0.2, 0.25) is 0 Å². The van der Waals surface area contributed by atoms with E-state index < -0.39 is 0 Å². The summed E-state index contributed by atoms with van der Waals surface area (Å²) < 4.78 is 11.6.